The van der Waals surface area contributed by atoms with Gasteiger partial charge in [-0.15, -0.1) is 11.3 Å². The van der Waals surface area contributed by atoms with Gasteiger partial charge in [-0.05, 0) is 73.0 Å². The van der Waals surface area contributed by atoms with Crippen molar-refractivity contribution in [1.82, 2.24) is 9.97 Å². The zero-order chi connectivity index (χ0) is 24.7. The first-order valence-electron chi connectivity index (χ1n) is 12.0. The molecule has 3 aromatic carbocycles. The molecule has 4 heteroatoms. The van der Waals surface area contributed by atoms with Gasteiger partial charge in [0.25, 0.3) is 0 Å². The van der Waals surface area contributed by atoms with Crippen LogP contribution in [0.15, 0.2) is 122 Å². The largest absolute Gasteiger partial charge is 0.355 e. The van der Waals surface area contributed by atoms with Crippen LogP contribution in [0.5, 0.6) is 0 Å². The maximum Gasteiger partial charge on any atom is 0.123 e. The zero-order valence-corrected chi connectivity index (χ0v) is 21.2. The molecule has 2 heterocycles. The van der Waals surface area contributed by atoms with Crippen molar-refractivity contribution < 1.29 is 0 Å². The molecule has 0 saturated heterocycles. The lowest BCUT2D eigenvalue weighted by molar-refractivity contribution is 1.32. The van der Waals surface area contributed by atoms with Crippen molar-refractivity contribution in [3.05, 3.63) is 127 Å². The molecule has 0 atom stereocenters. The number of benzene rings is 3. The number of nitrogens with one attached hydrogen (secondary N) is 1. The summed E-state index contributed by atoms with van der Waals surface area (Å²) in [6.07, 6.45) is 10.1. The van der Waals surface area contributed by atoms with Crippen LogP contribution in [0.25, 0.3) is 37.8 Å². The van der Waals surface area contributed by atoms with Crippen molar-refractivity contribution in [2.75, 3.05) is 5.32 Å². The number of pyridine rings is 1. The number of aromatic nitrogens is 2. The molecule has 1 N–H and O–H groups in total. The van der Waals surface area contributed by atoms with Crippen molar-refractivity contribution in [3.63, 3.8) is 0 Å². The lowest BCUT2D eigenvalue weighted by Gasteiger charge is -2.13. The van der Waals surface area contributed by atoms with Crippen LogP contribution in [0.1, 0.15) is 19.4 Å². The molecular formula is C32H27N3S. The third-order valence-electron chi connectivity index (χ3n) is 5.85. The van der Waals surface area contributed by atoms with Crippen molar-refractivity contribution >= 4 is 28.3 Å². The third kappa shape index (κ3) is 5.35. The Balaban J connectivity index is 1.48. The normalized spacial score (nSPS) is 11.7. The summed E-state index contributed by atoms with van der Waals surface area (Å²) in [4.78, 5) is 10.4. The summed E-state index contributed by atoms with van der Waals surface area (Å²) in [5, 5.41) is 4.63. The highest BCUT2D eigenvalue weighted by Gasteiger charge is 2.10. The zero-order valence-electron chi connectivity index (χ0n) is 20.3. The molecule has 0 saturated carbocycles. The van der Waals surface area contributed by atoms with Gasteiger partial charge in [0.2, 0.25) is 0 Å². The Morgan fingerprint density at radius 1 is 0.750 bits per heavy atom. The summed E-state index contributed by atoms with van der Waals surface area (Å²) in [6.45, 7) is 4.11. The van der Waals surface area contributed by atoms with Crippen LogP contribution in [-0.2, 0) is 0 Å². The molecule has 0 aliphatic heterocycles. The van der Waals surface area contributed by atoms with Crippen molar-refractivity contribution in [1.29, 1.82) is 0 Å². The van der Waals surface area contributed by atoms with Gasteiger partial charge in [-0.2, -0.15) is 0 Å². The highest BCUT2D eigenvalue weighted by molar-refractivity contribution is 7.18. The molecule has 0 aliphatic carbocycles. The predicted molar refractivity (Wildman–Crippen MR) is 154 cm³/mol. The van der Waals surface area contributed by atoms with Gasteiger partial charge in [0.15, 0.2) is 0 Å². The smallest absolute Gasteiger partial charge is 0.123 e. The van der Waals surface area contributed by atoms with Gasteiger partial charge in [0.05, 0.1) is 10.6 Å². The van der Waals surface area contributed by atoms with E-state index in [1.54, 1.807) is 11.3 Å². The van der Waals surface area contributed by atoms with Gasteiger partial charge in [0.1, 0.15) is 5.01 Å². The number of anilines is 2. The van der Waals surface area contributed by atoms with Gasteiger partial charge in [-0.3, -0.25) is 4.98 Å². The fourth-order valence-corrected chi connectivity index (χ4v) is 5.04. The maximum atomic E-state index is 4.70. The minimum Gasteiger partial charge on any atom is -0.355 e. The van der Waals surface area contributed by atoms with Crippen LogP contribution in [0.2, 0.25) is 0 Å². The average Bonchev–Trinajstić information content (AvgIpc) is 3.43. The highest BCUT2D eigenvalue weighted by atomic mass is 32.1. The molecule has 0 radical (unpaired) electrons. The quantitative estimate of drug-likeness (QED) is 0.233. The minimum atomic E-state index is 0.948. The van der Waals surface area contributed by atoms with Crippen LogP contribution in [0.3, 0.4) is 0 Å². The van der Waals surface area contributed by atoms with Crippen LogP contribution < -0.4 is 5.32 Å². The summed E-state index contributed by atoms with van der Waals surface area (Å²) >= 11 is 1.71. The van der Waals surface area contributed by atoms with Crippen molar-refractivity contribution in [3.8, 4) is 32.3 Å². The number of allylic oxidation sites excluding steroid dienone is 4. The Kier molecular flexibility index (Phi) is 7.15. The van der Waals surface area contributed by atoms with Crippen molar-refractivity contribution in [2.24, 2.45) is 0 Å². The Morgan fingerprint density at radius 2 is 1.56 bits per heavy atom. The van der Waals surface area contributed by atoms with Gasteiger partial charge < -0.3 is 5.32 Å². The second kappa shape index (κ2) is 11.0. The Morgan fingerprint density at radius 3 is 2.33 bits per heavy atom. The summed E-state index contributed by atoms with van der Waals surface area (Å²) in [6, 6.07) is 31.3. The lowest BCUT2D eigenvalue weighted by Crippen LogP contribution is -1.94. The number of nitrogens with zero attached hydrogens (tertiary/aromatic N) is 2. The molecule has 0 spiro atoms. The molecule has 176 valence electrons. The molecule has 3 nitrogen and oxygen atoms in total. The molecule has 0 unspecified atom stereocenters. The topological polar surface area (TPSA) is 37.8 Å². The summed E-state index contributed by atoms with van der Waals surface area (Å²) in [5.74, 6) is 0. The van der Waals surface area contributed by atoms with E-state index in [1.807, 2.05) is 43.6 Å². The van der Waals surface area contributed by atoms with E-state index in [-0.39, 0.29) is 0 Å². The first-order valence-corrected chi connectivity index (χ1v) is 12.8. The maximum absolute atomic E-state index is 4.70. The third-order valence-corrected chi connectivity index (χ3v) is 6.94. The van der Waals surface area contributed by atoms with E-state index in [4.69, 9.17) is 4.98 Å². The van der Waals surface area contributed by atoms with Gasteiger partial charge in [-0.1, -0.05) is 66.8 Å². The van der Waals surface area contributed by atoms with Crippen LogP contribution >= 0.6 is 11.3 Å². The molecule has 2 aromatic heterocycles. The molecule has 0 fully saturated rings. The van der Waals surface area contributed by atoms with E-state index in [0.29, 0.717) is 0 Å². The number of rotatable bonds is 7. The van der Waals surface area contributed by atoms with Gasteiger partial charge >= 0.3 is 0 Å². The van der Waals surface area contributed by atoms with Crippen molar-refractivity contribution in [2.45, 2.75) is 13.8 Å². The molecule has 36 heavy (non-hydrogen) atoms. The summed E-state index contributed by atoms with van der Waals surface area (Å²) in [7, 11) is 0. The first kappa shape index (κ1) is 23.5. The molecule has 5 rings (SSSR count). The van der Waals surface area contributed by atoms with E-state index in [0.717, 1.165) is 38.8 Å². The Bertz CT molecular complexity index is 1520. The predicted octanol–water partition coefficient (Wildman–Crippen LogP) is 9.26. The number of hydrogen-bond acceptors (Lipinski definition) is 4. The Hall–Kier alpha value is -4.28. The lowest BCUT2D eigenvalue weighted by atomic mass is 9.99. The first-order chi connectivity index (χ1) is 17.7. The second-order valence-corrected chi connectivity index (χ2v) is 9.39. The monoisotopic (exact) mass is 485 g/mol. The van der Waals surface area contributed by atoms with Gasteiger partial charge in [0, 0.05) is 34.9 Å². The van der Waals surface area contributed by atoms with E-state index >= 15 is 0 Å². The standard InChI is InChI=1S/C32H27N3S/c1-3-11-23(4-2)26-18-27(30-16-8-9-17-33-30)21-29(20-26)35-28-15-10-14-25(19-28)32-34-22-31(36-32)24-12-6-5-7-13-24/h3-22,35H,1-2H3. The van der Waals surface area contributed by atoms with E-state index in [1.165, 1.54) is 16.0 Å². The molecule has 0 bridgehead atoms. The summed E-state index contributed by atoms with van der Waals surface area (Å²) < 4.78 is 0. The number of thiazole rings is 1. The second-order valence-electron chi connectivity index (χ2n) is 8.36. The van der Waals surface area contributed by atoms with E-state index < -0.39 is 0 Å². The molecule has 5 aromatic rings. The fraction of sp³-hybridized carbons (Fsp3) is 0.0625. The van der Waals surface area contributed by atoms with Gasteiger partial charge in [-0.25, -0.2) is 4.98 Å². The molecular weight excluding hydrogens is 458 g/mol. The highest BCUT2D eigenvalue weighted by Crippen LogP contribution is 2.34. The minimum absolute atomic E-state index is 0.948. The summed E-state index contributed by atoms with van der Waals surface area (Å²) in [5.41, 5.74) is 8.64. The molecule has 0 amide bonds. The average molecular weight is 486 g/mol. The van der Waals surface area contributed by atoms with E-state index in [9.17, 15) is 0 Å². The van der Waals surface area contributed by atoms with E-state index in [2.05, 4.69) is 102 Å². The van der Waals surface area contributed by atoms with Crippen LogP contribution in [-0.4, -0.2) is 9.97 Å². The fourth-order valence-electron chi connectivity index (χ4n) is 4.13. The van der Waals surface area contributed by atoms with Crippen LogP contribution in [0, 0.1) is 0 Å². The van der Waals surface area contributed by atoms with Crippen LogP contribution in [0.4, 0.5) is 11.4 Å². The number of hydrogen-bond donors (Lipinski definition) is 1. The SMILES string of the molecule is CC=CC(=CC)c1cc(Nc2cccc(-c3ncc(-c4ccccc4)s3)c2)cc(-c2ccccn2)c1. The Labute approximate surface area is 216 Å². The molecule has 0 aliphatic rings.